The van der Waals surface area contributed by atoms with Crippen LogP contribution >= 0.6 is 11.3 Å². The second-order valence-corrected chi connectivity index (χ2v) is 8.71. The molecular weight excluding hydrogens is 378 g/mol. The van der Waals surface area contributed by atoms with Crippen molar-refractivity contribution < 1.29 is 9.53 Å². The molecular formula is C25H27NO2S. The third-order valence-electron chi connectivity index (χ3n) is 5.55. The van der Waals surface area contributed by atoms with E-state index in [1.807, 2.05) is 17.5 Å². The summed E-state index contributed by atoms with van der Waals surface area (Å²) in [6.45, 7) is 5.42. The zero-order valence-corrected chi connectivity index (χ0v) is 17.9. The van der Waals surface area contributed by atoms with E-state index in [4.69, 9.17) is 4.74 Å². The topological polar surface area (TPSA) is 29.5 Å². The minimum atomic E-state index is 0.140. The number of hydrogen-bond donors (Lipinski definition) is 0. The molecule has 0 radical (unpaired) electrons. The van der Waals surface area contributed by atoms with Crippen LogP contribution in [0.3, 0.4) is 0 Å². The molecule has 0 saturated carbocycles. The summed E-state index contributed by atoms with van der Waals surface area (Å²) in [5, 5.41) is 2.04. The van der Waals surface area contributed by atoms with Crippen molar-refractivity contribution in [2.75, 3.05) is 6.54 Å². The fourth-order valence-electron chi connectivity index (χ4n) is 3.93. The number of carbonyl (C=O) groups is 1. The lowest BCUT2D eigenvalue weighted by atomic mass is 9.95. The van der Waals surface area contributed by atoms with Crippen LogP contribution in [0.1, 0.15) is 57.2 Å². The highest BCUT2D eigenvalue weighted by molar-refractivity contribution is 7.12. The molecule has 1 aliphatic rings. The molecule has 1 unspecified atom stereocenters. The monoisotopic (exact) mass is 405 g/mol. The largest absolute Gasteiger partial charge is 0.489 e. The molecule has 4 rings (SSSR count). The Morgan fingerprint density at radius 1 is 1.10 bits per heavy atom. The summed E-state index contributed by atoms with van der Waals surface area (Å²) in [5.41, 5.74) is 4.59. The zero-order chi connectivity index (χ0) is 20.2. The van der Waals surface area contributed by atoms with Crippen molar-refractivity contribution in [3.63, 3.8) is 0 Å². The van der Waals surface area contributed by atoms with Gasteiger partial charge < -0.3 is 9.64 Å². The number of aryl methyl sites for hydroxylation is 2. The molecule has 1 amide bonds. The van der Waals surface area contributed by atoms with E-state index in [0.29, 0.717) is 6.61 Å². The second-order valence-electron chi connectivity index (χ2n) is 7.80. The minimum Gasteiger partial charge on any atom is -0.489 e. The molecule has 3 aromatic rings. The quantitative estimate of drug-likeness (QED) is 0.498. The first-order chi connectivity index (χ1) is 14.1. The minimum absolute atomic E-state index is 0.140. The SMILES string of the molecule is Cc1ccc(C)c(OCc2csc(C(=O)N3CCCCC3c3ccccc3)c2)c1. The highest BCUT2D eigenvalue weighted by atomic mass is 32.1. The first-order valence-corrected chi connectivity index (χ1v) is 11.1. The van der Waals surface area contributed by atoms with Gasteiger partial charge in [-0.25, -0.2) is 0 Å². The van der Waals surface area contributed by atoms with E-state index >= 15 is 0 Å². The van der Waals surface area contributed by atoms with E-state index in [1.165, 1.54) is 28.9 Å². The van der Waals surface area contributed by atoms with Gasteiger partial charge in [0.2, 0.25) is 0 Å². The van der Waals surface area contributed by atoms with Gasteiger partial charge in [-0.05, 0) is 67.3 Å². The Hall–Kier alpha value is -2.59. The molecule has 1 aliphatic heterocycles. The molecule has 29 heavy (non-hydrogen) atoms. The van der Waals surface area contributed by atoms with Crippen LogP contribution in [0.5, 0.6) is 5.75 Å². The van der Waals surface area contributed by atoms with Crippen molar-refractivity contribution in [1.29, 1.82) is 0 Å². The predicted octanol–water partition coefficient (Wildman–Crippen LogP) is 6.31. The van der Waals surface area contributed by atoms with Crippen LogP contribution < -0.4 is 4.74 Å². The first kappa shape index (κ1) is 19.7. The van der Waals surface area contributed by atoms with Gasteiger partial charge in [0.25, 0.3) is 5.91 Å². The molecule has 1 fully saturated rings. The maximum Gasteiger partial charge on any atom is 0.264 e. The standard InChI is InChI=1S/C25H27NO2S/c1-18-11-12-19(2)23(14-18)28-16-20-15-24(29-17-20)25(27)26-13-7-6-10-22(26)21-8-4-3-5-9-21/h3-5,8-9,11-12,14-15,17,22H,6-7,10,13,16H2,1-2H3. The number of hydrogen-bond acceptors (Lipinski definition) is 3. The molecule has 3 nitrogen and oxygen atoms in total. The van der Waals surface area contributed by atoms with Gasteiger partial charge in [0.1, 0.15) is 12.4 Å². The number of ether oxygens (including phenoxy) is 1. The molecule has 2 aromatic carbocycles. The van der Waals surface area contributed by atoms with Crippen LogP contribution in [0.2, 0.25) is 0 Å². The van der Waals surface area contributed by atoms with Crippen LogP contribution in [0, 0.1) is 13.8 Å². The van der Waals surface area contributed by atoms with Gasteiger partial charge in [-0.15, -0.1) is 11.3 Å². The van der Waals surface area contributed by atoms with E-state index in [1.54, 1.807) is 0 Å². The Morgan fingerprint density at radius 3 is 2.76 bits per heavy atom. The molecule has 1 aromatic heterocycles. The van der Waals surface area contributed by atoms with Crippen molar-refractivity contribution in [3.05, 3.63) is 87.1 Å². The predicted molar refractivity (Wildman–Crippen MR) is 119 cm³/mol. The van der Waals surface area contributed by atoms with Gasteiger partial charge in [-0.1, -0.05) is 42.5 Å². The van der Waals surface area contributed by atoms with Gasteiger partial charge in [-0.3, -0.25) is 4.79 Å². The summed E-state index contributed by atoms with van der Waals surface area (Å²) in [5.74, 6) is 1.05. The summed E-state index contributed by atoms with van der Waals surface area (Å²) >= 11 is 1.52. The fourth-order valence-corrected chi connectivity index (χ4v) is 4.78. The van der Waals surface area contributed by atoms with Crippen LogP contribution in [0.25, 0.3) is 0 Å². The highest BCUT2D eigenvalue weighted by Gasteiger charge is 2.29. The number of nitrogens with zero attached hydrogens (tertiary/aromatic N) is 1. The van der Waals surface area contributed by atoms with Gasteiger partial charge in [0, 0.05) is 12.1 Å². The maximum atomic E-state index is 13.3. The van der Waals surface area contributed by atoms with Crippen molar-refractivity contribution >= 4 is 17.2 Å². The molecule has 1 saturated heterocycles. The second kappa shape index (κ2) is 8.83. The van der Waals surface area contributed by atoms with Crippen molar-refractivity contribution in [1.82, 2.24) is 4.90 Å². The van der Waals surface area contributed by atoms with Gasteiger partial charge in [0.05, 0.1) is 10.9 Å². The maximum absolute atomic E-state index is 13.3. The van der Waals surface area contributed by atoms with E-state index in [0.717, 1.165) is 41.1 Å². The summed E-state index contributed by atoms with van der Waals surface area (Å²) in [6, 6.07) is 18.8. The van der Waals surface area contributed by atoms with Crippen molar-refractivity contribution in [3.8, 4) is 5.75 Å². The number of benzene rings is 2. The van der Waals surface area contributed by atoms with E-state index in [-0.39, 0.29) is 11.9 Å². The van der Waals surface area contributed by atoms with Gasteiger partial charge in [0.15, 0.2) is 0 Å². The Labute approximate surface area is 176 Å². The lowest BCUT2D eigenvalue weighted by Crippen LogP contribution is -2.38. The highest BCUT2D eigenvalue weighted by Crippen LogP contribution is 2.33. The van der Waals surface area contributed by atoms with Gasteiger partial charge in [-0.2, -0.15) is 0 Å². The zero-order valence-electron chi connectivity index (χ0n) is 17.1. The molecule has 4 heteroatoms. The number of amides is 1. The molecule has 1 atom stereocenters. The molecule has 0 aliphatic carbocycles. The van der Waals surface area contributed by atoms with Crippen LogP contribution in [-0.2, 0) is 6.61 Å². The molecule has 0 spiro atoms. The Bertz CT molecular complexity index is 979. The molecule has 0 bridgehead atoms. The smallest absolute Gasteiger partial charge is 0.264 e. The van der Waals surface area contributed by atoms with Crippen LogP contribution in [0.15, 0.2) is 60.0 Å². The Morgan fingerprint density at radius 2 is 1.93 bits per heavy atom. The van der Waals surface area contributed by atoms with Gasteiger partial charge >= 0.3 is 0 Å². The van der Waals surface area contributed by atoms with Crippen LogP contribution in [0.4, 0.5) is 0 Å². The number of likely N-dealkylation sites (tertiary alicyclic amines) is 1. The third kappa shape index (κ3) is 4.54. The average Bonchev–Trinajstić information content (AvgIpc) is 3.23. The first-order valence-electron chi connectivity index (χ1n) is 10.3. The normalized spacial score (nSPS) is 16.6. The van der Waals surface area contributed by atoms with E-state index < -0.39 is 0 Å². The Kier molecular flexibility index (Phi) is 6.00. The Balaban J connectivity index is 1.46. The van der Waals surface area contributed by atoms with E-state index in [9.17, 15) is 4.79 Å². The van der Waals surface area contributed by atoms with Crippen LogP contribution in [-0.4, -0.2) is 17.4 Å². The summed E-state index contributed by atoms with van der Waals surface area (Å²) in [4.78, 5) is 16.1. The lowest BCUT2D eigenvalue weighted by molar-refractivity contribution is 0.0616. The number of rotatable bonds is 5. The van der Waals surface area contributed by atoms with E-state index in [2.05, 4.69) is 61.2 Å². The lowest BCUT2D eigenvalue weighted by Gasteiger charge is -2.36. The third-order valence-corrected chi connectivity index (χ3v) is 6.52. The number of piperidine rings is 1. The molecule has 2 heterocycles. The van der Waals surface area contributed by atoms with Crippen molar-refractivity contribution in [2.45, 2.75) is 45.8 Å². The van der Waals surface area contributed by atoms with Crippen molar-refractivity contribution in [2.24, 2.45) is 0 Å². The molecule has 150 valence electrons. The average molecular weight is 406 g/mol. The summed E-state index contributed by atoms with van der Waals surface area (Å²) in [6.07, 6.45) is 3.27. The number of thiophene rings is 1. The summed E-state index contributed by atoms with van der Waals surface area (Å²) in [7, 11) is 0. The number of carbonyl (C=O) groups excluding carboxylic acids is 1. The molecule has 0 N–H and O–H groups in total. The summed E-state index contributed by atoms with van der Waals surface area (Å²) < 4.78 is 6.01. The fraction of sp³-hybridized carbons (Fsp3) is 0.320.